The molecule has 2 aliphatic carbocycles. The smallest absolute Gasteiger partial charge is 0.310 e. The van der Waals surface area contributed by atoms with E-state index in [1.54, 1.807) is 13.8 Å². The number of amides is 1. The number of ether oxygens (including phenoxy) is 1. The molecule has 1 amide bonds. The van der Waals surface area contributed by atoms with E-state index in [9.17, 15) is 14.9 Å². The lowest BCUT2D eigenvalue weighted by Crippen LogP contribution is -2.36. The molecule has 2 aliphatic rings. The van der Waals surface area contributed by atoms with Crippen molar-refractivity contribution in [3.8, 4) is 6.07 Å². The van der Waals surface area contributed by atoms with E-state index in [4.69, 9.17) is 4.74 Å². The van der Waals surface area contributed by atoms with Crippen LogP contribution in [0.3, 0.4) is 0 Å². The quantitative estimate of drug-likeness (QED) is 0.641. The van der Waals surface area contributed by atoms with Crippen molar-refractivity contribution < 1.29 is 14.3 Å². The predicted octanol–water partition coefficient (Wildman–Crippen LogP) is 3.97. The summed E-state index contributed by atoms with van der Waals surface area (Å²) >= 11 is 1.51. The van der Waals surface area contributed by atoms with Crippen LogP contribution in [0.1, 0.15) is 55.5 Å². The summed E-state index contributed by atoms with van der Waals surface area (Å²) in [4.78, 5) is 26.5. The summed E-state index contributed by atoms with van der Waals surface area (Å²) in [5.74, 6) is -1.45. The van der Waals surface area contributed by atoms with Crippen LogP contribution in [0.25, 0.3) is 0 Å². The second kappa shape index (κ2) is 8.05. The molecule has 1 heterocycles. The fourth-order valence-electron chi connectivity index (χ4n) is 3.66. The third kappa shape index (κ3) is 3.83. The maximum Gasteiger partial charge on any atom is 0.310 e. The van der Waals surface area contributed by atoms with Crippen LogP contribution in [-0.2, 0) is 27.2 Å². The van der Waals surface area contributed by atoms with Gasteiger partial charge in [-0.3, -0.25) is 9.59 Å². The van der Waals surface area contributed by atoms with Crippen molar-refractivity contribution in [2.45, 2.75) is 58.5 Å². The number of thiophene rings is 1. The second-order valence-corrected chi connectivity index (χ2v) is 8.26. The Morgan fingerprint density at radius 3 is 2.62 bits per heavy atom. The zero-order chi connectivity index (χ0) is 18.7. The van der Waals surface area contributed by atoms with Gasteiger partial charge in [-0.05, 0) is 57.9 Å². The Labute approximate surface area is 158 Å². The molecule has 2 atom stereocenters. The number of nitriles is 1. The number of nitrogens with one attached hydrogen (secondary N) is 1. The molecule has 1 aromatic heterocycles. The normalized spacial score (nSPS) is 21.8. The molecular formula is C20H24N2O3S. The highest BCUT2D eigenvalue weighted by molar-refractivity contribution is 7.16. The minimum Gasteiger partial charge on any atom is -0.463 e. The molecule has 6 heteroatoms. The molecule has 138 valence electrons. The molecule has 1 aromatic rings. The van der Waals surface area contributed by atoms with E-state index < -0.39 is 11.8 Å². The van der Waals surface area contributed by atoms with Crippen molar-refractivity contribution in [1.29, 1.82) is 5.26 Å². The van der Waals surface area contributed by atoms with E-state index in [2.05, 4.69) is 11.4 Å². The fraction of sp³-hybridized carbons (Fsp3) is 0.550. The summed E-state index contributed by atoms with van der Waals surface area (Å²) in [6.07, 6.45) is 8.78. The van der Waals surface area contributed by atoms with Gasteiger partial charge in [0, 0.05) is 4.88 Å². The van der Waals surface area contributed by atoms with Gasteiger partial charge >= 0.3 is 5.97 Å². The van der Waals surface area contributed by atoms with E-state index in [0.29, 0.717) is 23.4 Å². The van der Waals surface area contributed by atoms with Crippen molar-refractivity contribution in [3.63, 3.8) is 0 Å². The van der Waals surface area contributed by atoms with Gasteiger partial charge in [-0.2, -0.15) is 5.26 Å². The van der Waals surface area contributed by atoms with Crippen molar-refractivity contribution >= 4 is 28.2 Å². The van der Waals surface area contributed by atoms with Crippen LogP contribution in [-0.4, -0.2) is 18.0 Å². The van der Waals surface area contributed by atoms with Gasteiger partial charge in [0.1, 0.15) is 11.1 Å². The highest BCUT2D eigenvalue weighted by Gasteiger charge is 2.36. The molecular weight excluding hydrogens is 348 g/mol. The molecule has 0 fully saturated rings. The predicted molar refractivity (Wildman–Crippen MR) is 101 cm³/mol. The SMILES string of the molecule is CC(C)OC(=O)[C@H]1CC=CC[C@@H]1C(=O)Nc1sc2c(c1C#N)CCCC2. The molecule has 5 nitrogen and oxygen atoms in total. The number of carbonyl (C=O) groups is 2. The first-order valence-electron chi connectivity index (χ1n) is 9.22. The summed E-state index contributed by atoms with van der Waals surface area (Å²) in [7, 11) is 0. The number of allylic oxidation sites excluding steroid dienone is 2. The van der Waals surface area contributed by atoms with Gasteiger partial charge in [-0.25, -0.2) is 0 Å². The lowest BCUT2D eigenvalue weighted by atomic mass is 9.82. The zero-order valence-electron chi connectivity index (χ0n) is 15.2. The second-order valence-electron chi connectivity index (χ2n) is 7.16. The number of esters is 1. The van der Waals surface area contributed by atoms with Gasteiger partial charge in [-0.1, -0.05) is 12.2 Å². The number of nitrogens with zero attached hydrogens (tertiary/aromatic N) is 1. The maximum absolute atomic E-state index is 12.9. The lowest BCUT2D eigenvalue weighted by molar-refractivity contribution is -0.156. The summed E-state index contributed by atoms with van der Waals surface area (Å²) in [5.41, 5.74) is 1.70. The van der Waals surface area contributed by atoms with Crippen LogP contribution in [0.5, 0.6) is 0 Å². The van der Waals surface area contributed by atoms with E-state index in [1.165, 1.54) is 16.2 Å². The van der Waals surface area contributed by atoms with E-state index in [1.807, 2.05) is 12.2 Å². The molecule has 0 spiro atoms. The number of carbonyl (C=O) groups excluding carboxylic acids is 2. The minimum atomic E-state index is -0.470. The molecule has 0 aromatic carbocycles. The van der Waals surface area contributed by atoms with Crippen LogP contribution < -0.4 is 5.32 Å². The Hall–Kier alpha value is -2.13. The Bertz CT molecular complexity index is 773. The molecule has 1 N–H and O–H groups in total. The molecule has 3 rings (SSSR count). The van der Waals surface area contributed by atoms with Gasteiger partial charge in [0.2, 0.25) is 5.91 Å². The molecule has 26 heavy (non-hydrogen) atoms. The van der Waals surface area contributed by atoms with E-state index >= 15 is 0 Å². The van der Waals surface area contributed by atoms with Gasteiger partial charge < -0.3 is 10.1 Å². The highest BCUT2D eigenvalue weighted by atomic mass is 32.1. The standard InChI is InChI=1S/C20H24N2O3S/c1-12(2)25-20(24)15-9-4-3-8-14(15)18(23)22-19-16(11-21)13-7-5-6-10-17(13)26-19/h3-4,12,14-15H,5-10H2,1-2H3,(H,22,23)/t14-,15-/m0/s1. The third-order valence-electron chi connectivity index (χ3n) is 4.94. The van der Waals surface area contributed by atoms with Crippen molar-refractivity contribution in [2.75, 3.05) is 5.32 Å². The minimum absolute atomic E-state index is 0.199. The average Bonchev–Trinajstić information content (AvgIpc) is 2.98. The Morgan fingerprint density at radius 2 is 1.92 bits per heavy atom. The summed E-state index contributed by atoms with van der Waals surface area (Å²) < 4.78 is 5.33. The first-order chi connectivity index (χ1) is 12.5. The largest absolute Gasteiger partial charge is 0.463 e. The van der Waals surface area contributed by atoms with Crippen LogP contribution in [0.4, 0.5) is 5.00 Å². The third-order valence-corrected chi connectivity index (χ3v) is 6.15. The number of fused-ring (bicyclic) bond motifs is 1. The van der Waals surface area contributed by atoms with E-state index in [0.717, 1.165) is 31.2 Å². The van der Waals surface area contributed by atoms with Crippen LogP contribution in [0.15, 0.2) is 12.2 Å². The fourth-order valence-corrected chi connectivity index (χ4v) is 4.90. The summed E-state index contributed by atoms with van der Waals surface area (Å²) in [5, 5.41) is 13.1. The van der Waals surface area contributed by atoms with Crippen LogP contribution in [0.2, 0.25) is 0 Å². The average molecular weight is 372 g/mol. The summed E-state index contributed by atoms with van der Waals surface area (Å²) in [6, 6.07) is 2.26. The number of aryl methyl sites for hydroxylation is 1. The molecule has 0 unspecified atom stereocenters. The van der Waals surface area contributed by atoms with Crippen LogP contribution >= 0.6 is 11.3 Å². The highest BCUT2D eigenvalue weighted by Crippen LogP contribution is 2.38. The van der Waals surface area contributed by atoms with Crippen molar-refractivity contribution in [2.24, 2.45) is 11.8 Å². The lowest BCUT2D eigenvalue weighted by Gasteiger charge is -2.26. The van der Waals surface area contributed by atoms with Gasteiger partial charge in [0.15, 0.2) is 0 Å². The Balaban J connectivity index is 1.78. The van der Waals surface area contributed by atoms with Gasteiger partial charge in [-0.15, -0.1) is 11.3 Å². The number of anilines is 1. The van der Waals surface area contributed by atoms with Crippen LogP contribution in [0, 0.1) is 23.2 Å². The first kappa shape index (κ1) is 18.7. The van der Waals surface area contributed by atoms with Gasteiger partial charge in [0.05, 0.1) is 23.5 Å². The number of hydrogen-bond donors (Lipinski definition) is 1. The molecule has 0 radical (unpaired) electrons. The molecule has 0 bridgehead atoms. The Morgan fingerprint density at radius 1 is 1.23 bits per heavy atom. The maximum atomic E-state index is 12.9. The van der Waals surface area contributed by atoms with Crippen molar-refractivity contribution in [1.82, 2.24) is 0 Å². The zero-order valence-corrected chi connectivity index (χ0v) is 16.0. The number of hydrogen-bond acceptors (Lipinski definition) is 5. The number of rotatable bonds is 4. The topological polar surface area (TPSA) is 79.2 Å². The summed E-state index contributed by atoms with van der Waals surface area (Å²) in [6.45, 7) is 3.61. The first-order valence-corrected chi connectivity index (χ1v) is 10.0. The molecule has 0 saturated heterocycles. The van der Waals surface area contributed by atoms with Crippen molar-refractivity contribution in [3.05, 3.63) is 28.2 Å². The Kier molecular flexibility index (Phi) is 5.77. The molecule has 0 saturated carbocycles. The van der Waals surface area contributed by atoms with E-state index in [-0.39, 0.29) is 18.0 Å². The monoisotopic (exact) mass is 372 g/mol. The molecule has 0 aliphatic heterocycles. The van der Waals surface area contributed by atoms with Gasteiger partial charge in [0.25, 0.3) is 0 Å².